The zero-order chi connectivity index (χ0) is 20.5. The maximum absolute atomic E-state index is 12.9. The Hall–Kier alpha value is -2.06. The third-order valence-corrected chi connectivity index (χ3v) is 6.47. The molecule has 0 spiro atoms. The Morgan fingerprint density at radius 2 is 2.00 bits per heavy atom. The summed E-state index contributed by atoms with van der Waals surface area (Å²) in [6.07, 6.45) is 2.70. The number of hydrogen-bond donors (Lipinski definition) is 0. The molecule has 6 nitrogen and oxygen atoms in total. The minimum absolute atomic E-state index is 0.124. The number of hydrogen-bond acceptors (Lipinski definition) is 4. The summed E-state index contributed by atoms with van der Waals surface area (Å²) in [6, 6.07) is 10.9. The van der Waals surface area contributed by atoms with Crippen LogP contribution < -0.4 is 9.04 Å². The Morgan fingerprint density at radius 1 is 1.25 bits per heavy atom. The summed E-state index contributed by atoms with van der Waals surface area (Å²) in [5.41, 5.74) is 3.00. The fraction of sp³-hybridized carbons (Fsp3) is 0.350. The van der Waals surface area contributed by atoms with Crippen molar-refractivity contribution in [2.75, 3.05) is 31.3 Å². The Bertz CT molecular complexity index is 1010. The fourth-order valence-corrected chi connectivity index (χ4v) is 4.86. The van der Waals surface area contributed by atoms with E-state index < -0.39 is 10.0 Å². The number of nitrogens with zero attached hydrogens (tertiary/aromatic N) is 2. The lowest BCUT2D eigenvalue weighted by molar-refractivity contribution is 0.0784. The van der Waals surface area contributed by atoms with Crippen LogP contribution in [0.5, 0.6) is 5.75 Å². The molecule has 0 saturated heterocycles. The smallest absolute Gasteiger partial charge is 0.253 e. The van der Waals surface area contributed by atoms with Crippen LogP contribution in [0.3, 0.4) is 0 Å². The van der Waals surface area contributed by atoms with Crippen molar-refractivity contribution < 1.29 is 17.9 Å². The van der Waals surface area contributed by atoms with Gasteiger partial charge in [0.1, 0.15) is 5.75 Å². The number of benzene rings is 2. The van der Waals surface area contributed by atoms with Crippen LogP contribution in [0.1, 0.15) is 27.9 Å². The molecule has 28 heavy (non-hydrogen) atoms. The van der Waals surface area contributed by atoms with Gasteiger partial charge < -0.3 is 9.64 Å². The quantitative estimate of drug-likeness (QED) is 0.676. The molecule has 3 rings (SSSR count). The molecule has 1 aliphatic heterocycles. The summed E-state index contributed by atoms with van der Waals surface area (Å²) in [6.45, 7) is 0.871. The van der Waals surface area contributed by atoms with Gasteiger partial charge in [-0.25, -0.2) is 8.42 Å². The first-order chi connectivity index (χ1) is 13.2. The molecule has 0 saturated carbocycles. The molecule has 1 heterocycles. The first-order valence-corrected chi connectivity index (χ1v) is 11.5. The number of carbonyl (C=O) groups excluding carboxylic acids is 1. The Morgan fingerprint density at radius 3 is 2.68 bits per heavy atom. The van der Waals surface area contributed by atoms with Gasteiger partial charge in [-0.15, -0.1) is 0 Å². The SMILES string of the molecule is COc1ccc(Br)cc1CN(C)C(=O)c1ccc2c(c1)CCCN2S(C)(=O)=O. The van der Waals surface area contributed by atoms with E-state index in [1.165, 1.54) is 10.6 Å². The third kappa shape index (κ3) is 4.33. The number of carbonyl (C=O) groups is 1. The molecule has 2 aromatic carbocycles. The number of aryl methyl sites for hydroxylation is 1. The molecular formula is C20H23BrN2O4S. The zero-order valence-corrected chi connectivity index (χ0v) is 18.5. The van der Waals surface area contributed by atoms with Gasteiger partial charge in [-0.2, -0.15) is 0 Å². The van der Waals surface area contributed by atoms with Gasteiger partial charge in [-0.3, -0.25) is 9.10 Å². The molecule has 1 amide bonds. The summed E-state index contributed by atoms with van der Waals surface area (Å²) in [4.78, 5) is 14.6. The van der Waals surface area contributed by atoms with E-state index in [0.717, 1.165) is 34.2 Å². The summed E-state index contributed by atoms with van der Waals surface area (Å²) < 4.78 is 31.7. The predicted octanol–water partition coefficient (Wildman–Crippen LogP) is 3.44. The van der Waals surface area contributed by atoms with Gasteiger partial charge in [0.25, 0.3) is 5.91 Å². The standard InChI is InChI=1S/C20H23BrN2O4S/c1-22(13-16-12-17(21)7-9-19(16)27-2)20(24)15-6-8-18-14(11-15)5-4-10-23(18)28(3,25)26/h6-9,11-12H,4-5,10,13H2,1-3H3. The van der Waals surface area contributed by atoms with Crippen LogP contribution in [-0.4, -0.2) is 46.2 Å². The van der Waals surface area contributed by atoms with Gasteiger partial charge in [0, 0.05) is 35.7 Å². The number of rotatable bonds is 5. The second-order valence-corrected chi connectivity index (χ2v) is 9.72. The second kappa shape index (κ2) is 8.13. The highest BCUT2D eigenvalue weighted by Crippen LogP contribution is 2.30. The molecule has 1 aliphatic rings. The number of anilines is 1. The lowest BCUT2D eigenvalue weighted by atomic mass is 10.00. The Labute approximate surface area is 174 Å². The normalized spacial score (nSPS) is 13.8. The van der Waals surface area contributed by atoms with Crippen molar-refractivity contribution in [1.29, 1.82) is 0 Å². The van der Waals surface area contributed by atoms with E-state index in [4.69, 9.17) is 4.74 Å². The molecule has 0 aliphatic carbocycles. The van der Waals surface area contributed by atoms with Crippen molar-refractivity contribution in [2.45, 2.75) is 19.4 Å². The molecule has 0 N–H and O–H groups in total. The minimum Gasteiger partial charge on any atom is -0.496 e. The average Bonchev–Trinajstić information content (AvgIpc) is 2.65. The molecule has 0 atom stereocenters. The van der Waals surface area contributed by atoms with Gasteiger partial charge in [0.15, 0.2) is 0 Å². The molecule has 0 aromatic heterocycles. The Kier molecular flexibility index (Phi) is 6.00. The minimum atomic E-state index is -3.32. The molecule has 8 heteroatoms. The van der Waals surface area contributed by atoms with E-state index in [1.54, 1.807) is 31.2 Å². The third-order valence-electron chi connectivity index (χ3n) is 4.80. The van der Waals surface area contributed by atoms with E-state index in [2.05, 4.69) is 15.9 Å². The number of halogens is 1. The fourth-order valence-electron chi connectivity index (χ4n) is 3.46. The number of amides is 1. The highest BCUT2D eigenvalue weighted by atomic mass is 79.9. The van der Waals surface area contributed by atoms with Crippen molar-refractivity contribution in [3.63, 3.8) is 0 Å². The average molecular weight is 467 g/mol. The topological polar surface area (TPSA) is 66.9 Å². The number of fused-ring (bicyclic) bond motifs is 1. The molecule has 0 unspecified atom stereocenters. The van der Waals surface area contributed by atoms with Crippen molar-refractivity contribution in [3.8, 4) is 5.75 Å². The van der Waals surface area contributed by atoms with Gasteiger partial charge >= 0.3 is 0 Å². The highest BCUT2D eigenvalue weighted by Gasteiger charge is 2.25. The Balaban J connectivity index is 1.84. The first-order valence-electron chi connectivity index (χ1n) is 8.89. The van der Waals surface area contributed by atoms with Crippen molar-refractivity contribution in [2.24, 2.45) is 0 Å². The molecule has 0 fully saturated rings. The van der Waals surface area contributed by atoms with Gasteiger partial charge in [-0.05, 0) is 54.8 Å². The maximum atomic E-state index is 12.9. The van der Waals surface area contributed by atoms with Gasteiger partial charge in [0.2, 0.25) is 10.0 Å². The van der Waals surface area contributed by atoms with E-state index in [0.29, 0.717) is 24.3 Å². The van der Waals surface area contributed by atoms with E-state index in [1.807, 2.05) is 24.3 Å². The number of ether oxygens (including phenoxy) is 1. The zero-order valence-electron chi connectivity index (χ0n) is 16.1. The largest absolute Gasteiger partial charge is 0.496 e. The summed E-state index contributed by atoms with van der Waals surface area (Å²) in [7, 11) is 0.0222. The maximum Gasteiger partial charge on any atom is 0.253 e. The number of methoxy groups -OCH3 is 1. The lowest BCUT2D eigenvalue weighted by Crippen LogP contribution is -2.35. The van der Waals surface area contributed by atoms with Gasteiger partial charge in [0.05, 0.1) is 19.1 Å². The van der Waals surface area contributed by atoms with Crippen molar-refractivity contribution >= 4 is 37.5 Å². The van der Waals surface area contributed by atoms with Crippen molar-refractivity contribution in [1.82, 2.24) is 4.90 Å². The summed E-state index contributed by atoms with van der Waals surface area (Å²) in [5, 5.41) is 0. The molecule has 0 bridgehead atoms. The monoisotopic (exact) mass is 466 g/mol. The molecule has 2 aromatic rings. The van der Waals surface area contributed by atoms with Crippen LogP contribution in [0.15, 0.2) is 40.9 Å². The molecule has 150 valence electrons. The van der Waals surface area contributed by atoms with Crippen LogP contribution in [-0.2, 0) is 23.0 Å². The van der Waals surface area contributed by atoms with Crippen LogP contribution in [0.4, 0.5) is 5.69 Å². The van der Waals surface area contributed by atoms with E-state index in [9.17, 15) is 13.2 Å². The van der Waals surface area contributed by atoms with Crippen LogP contribution in [0.2, 0.25) is 0 Å². The van der Waals surface area contributed by atoms with Crippen molar-refractivity contribution in [3.05, 3.63) is 57.6 Å². The first kappa shape index (κ1) is 20.7. The highest BCUT2D eigenvalue weighted by molar-refractivity contribution is 9.10. The van der Waals surface area contributed by atoms with E-state index >= 15 is 0 Å². The second-order valence-electron chi connectivity index (χ2n) is 6.90. The van der Waals surface area contributed by atoms with E-state index in [-0.39, 0.29) is 5.91 Å². The summed E-state index contributed by atoms with van der Waals surface area (Å²) in [5.74, 6) is 0.596. The van der Waals surface area contributed by atoms with Crippen LogP contribution >= 0.6 is 15.9 Å². The van der Waals surface area contributed by atoms with Crippen LogP contribution in [0.25, 0.3) is 0 Å². The molecular weight excluding hydrogens is 444 g/mol. The van der Waals surface area contributed by atoms with Gasteiger partial charge in [-0.1, -0.05) is 15.9 Å². The predicted molar refractivity (Wildman–Crippen MR) is 113 cm³/mol. The summed E-state index contributed by atoms with van der Waals surface area (Å²) >= 11 is 3.45. The van der Waals surface area contributed by atoms with Crippen LogP contribution in [0, 0.1) is 0 Å². The lowest BCUT2D eigenvalue weighted by Gasteiger charge is -2.29. The number of sulfonamides is 1. The molecule has 0 radical (unpaired) electrons.